The van der Waals surface area contributed by atoms with Crippen LogP contribution in [-0.4, -0.2) is 67.9 Å². The van der Waals surface area contributed by atoms with Gasteiger partial charge in [0.15, 0.2) is 0 Å². The maximum absolute atomic E-state index is 13.2. The summed E-state index contributed by atoms with van der Waals surface area (Å²) in [7, 11) is 0. The van der Waals surface area contributed by atoms with Crippen molar-refractivity contribution >= 4 is 6.03 Å². The average Bonchev–Trinajstić information content (AvgIpc) is 2.72. The first-order chi connectivity index (χ1) is 13.8. The van der Waals surface area contributed by atoms with E-state index in [0.29, 0.717) is 32.9 Å². The summed E-state index contributed by atoms with van der Waals surface area (Å²) in [6, 6.07) is 5.18. The second kappa shape index (κ2) is 8.25. The van der Waals surface area contributed by atoms with E-state index in [9.17, 15) is 4.79 Å². The highest BCUT2D eigenvalue weighted by Gasteiger charge is 2.33. The SMILES string of the molecule is C[C@@H]1COCCN1C(=O)N1CCc2cc(C(C)(C)C)cc([C@@H]3COCCN3)c2C1. The number of hydrogen-bond acceptors (Lipinski definition) is 4. The van der Waals surface area contributed by atoms with Crippen molar-refractivity contribution in [3.63, 3.8) is 0 Å². The zero-order valence-corrected chi connectivity index (χ0v) is 18.3. The Morgan fingerprint density at radius 2 is 1.93 bits per heavy atom. The van der Waals surface area contributed by atoms with Crippen molar-refractivity contribution in [1.82, 2.24) is 15.1 Å². The second-order valence-corrected chi connectivity index (χ2v) is 9.61. The van der Waals surface area contributed by atoms with Gasteiger partial charge in [-0.2, -0.15) is 0 Å². The summed E-state index contributed by atoms with van der Waals surface area (Å²) in [6.45, 7) is 14.6. The molecule has 2 amide bonds. The Labute approximate surface area is 174 Å². The Morgan fingerprint density at radius 3 is 2.62 bits per heavy atom. The molecule has 0 bridgehead atoms. The number of nitrogens with zero attached hydrogens (tertiary/aromatic N) is 2. The number of hydrogen-bond donors (Lipinski definition) is 1. The molecule has 6 nitrogen and oxygen atoms in total. The van der Waals surface area contributed by atoms with Gasteiger partial charge in [0.25, 0.3) is 0 Å². The highest BCUT2D eigenvalue weighted by molar-refractivity contribution is 5.75. The van der Waals surface area contributed by atoms with Crippen LogP contribution >= 0.6 is 0 Å². The first-order valence-corrected chi connectivity index (χ1v) is 10.9. The van der Waals surface area contributed by atoms with Crippen molar-refractivity contribution in [2.45, 2.75) is 58.2 Å². The number of carbonyl (C=O) groups excluding carboxylic acids is 1. The summed E-state index contributed by atoms with van der Waals surface area (Å²) >= 11 is 0. The van der Waals surface area contributed by atoms with Gasteiger partial charge in [0.05, 0.1) is 38.5 Å². The predicted molar refractivity (Wildman–Crippen MR) is 113 cm³/mol. The third-order valence-electron chi connectivity index (χ3n) is 6.42. The van der Waals surface area contributed by atoms with Gasteiger partial charge >= 0.3 is 6.03 Å². The number of fused-ring (bicyclic) bond motifs is 1. The van der Waals surface area contributed by atoms with Gasteiger partial charge in [0, 0.05) is 26.2 Å². The number of morpholine rings is 2. The molecule has 3 aliphatic heterocycles. The minimum absolute atomic E-state index is 0.0927. The molecule has 4 rings (SSSR count). The number of ether oxygens (including phenoxy) is 2. The van der Waals surface area contributed by atoms with Crippen molar-refractivity contribution in [3.8, 4) is 0 Å². The number of urea groups is 1. The topological polar surface area (TPSA) is 54.0 Å². The fraction of sp³-hybridized carbons (Fsp3) is 0.696. The molecule has 0 spiro atoms. The Balaban J connectivity index is 1.64. The van der Waals surface area contributed by atoms with Crippen LogP contribution in [0.2, 0.25) is 0 Å². The van der Waals surface area contributed by atoms with Gasteiger partial charge in [0.2, 0.25) is 0 Å². The standard InChI is InChI=1S/C23H35N3O3/c1-16-14-29-10-8-26(16)22(27)25-7-5-17-11-18(23(2,3)4)12-19(20(17)13-25)21-15-28-9-6-24-21/h11-12,16,21,24H,5-10,13-15H2,1-4H3/t16-,21+/m1/s1. The summed E-state index contributed by atoms with van der Waals surface area (Å²) in [4.78, 5) is 17.2. The zero-order chi connectivity index (χ0) is 20.6. The third kappa shape index (κ3) is 4.30. The molecule has 29 heavy (non-hydrogen) atoms. The van der Waals surface area contributed by atoms with Gasteiger partial charge in [-0.25, -0.2) is 4.79 Å². The minimum Gasteiger partial charge on any atom is -0.378 e. The molecule has 1 N–H and O–H groups in total. The Morgan fingerprint density at radius 1 is 1.14 bits per heavy atom. The molecule has 2 atom stereocenters. The van der Waals surface area contributed by atoms with Gasteiger partial charge in [-0.05, 0) is 41.0 Å². The largest absolute Gasteiger partial charge is 0.378 e. The van der Waals surface area contributed by atoms with Gasteiger partial charge in [0.1, 0.15) is 0 Å². The zero-order valence-electron chi connectivity index (χ0n) is 18.3. The summed E-state index contributed by atoms with van der Waals surface area (Å²) < 4.78 is 11.3. The van der Waals surface area contributed by atoms with Crippen molar-refractivity contribution in [1.29, 1.82) is 0 Å². The lowest BCUT2D eigenvalue weighted by Crippen LogP contribution is -2.53. The maximum atomic E-state index is 13.2. The molecule has 0 radical (unpaired) electrons. The fourth-order valence-electron chi connectivity index (χ4n) is 4.56. The van der Waals surface area contributed by atoms with Crippen LogP contribution < -0.4 is 5.32 Å². The van der Waals surface area contributed by atoms with Crippen LogP contribution in [0.4, 0.5) is 4.79 Å². The molecule has 2 saturated heterocycles. The van der Waals surface area contributed by atoms with Gasteiger partial charge < -0.3 is 24.6 Å². The number of benzene rings is 1. The highest BCUT2D eigenvalue weighted by Crippen LogP contribution is 2.34. The quantitative estimate of drug-likeness (QED) is 0.786. The first kappa shape index (κ1) is 20.6. The highest BCUT2D eigenvalue weighted by atomic mass is 16.5. The molecule has 0 saturated carbocycles. The lowest BCUT2D eigenvalue weighted by atomic mass is 9.80. The summed E-state index contributed by atoms with van der Waals surface area (Å²) in [5.74, 6) is 0. The smallest absolute Gasteiger partial charge is 0.320 e. The molecule has 2 fully saturated rings. The lowest BCUT2D eigenvalue weighted by Gasteiger charge is -2.40. The van der Waals surface area contributed by atoms with E-state index < -0.39 is 0 Å². The van der Waals surface area contributed by atoms with E-state index in [-0.39, 0.29) is 23.5 Å². The molecule has 3 aliphatic rings. The van der Waals surface area contributed by atoms with E-state index >= 15 is 0 Å². The molecule has 3 heterocycles. The van der Waals surface area contributed by atoms with Crippen LogP contribution in [0.1, 0.15) is 56.0 Å². The van der Waals surface area contributed by atoms with Crippen LogP contribution in [0, 0.1) is 0 Å². The molecule has 0 aromatic heterocycles. The Kier molecular flexibility index (Phi) is 5.87. The number of carbonyl (C=O) groups is 1. The predicted octanol–water partition coefficient (Wildman–Crippen LogP) is 2.84. The van der Waals surface area contributed by atoms with Crippen molar-refractivity contribution in [3.05, 3.63) is 34.4 Å². The van der Waals surface area contributed by atoms with Crippen LogP contribution in [-0.2, 0) is 27.9 Å². The molecule has 160 valence electrons. The molecule has 0 aliphatic carbocycles. The van der Waals surface area contributed by atoms with Gasteiger partial charge in [-0.1, -0.05) is 32.9 Å². The average molecular weight is 402 g/mol. The third-order valence-corrected chi connectivity index (χ3v) is 6.42. The van der Waals surface area contributed by atoms with Crippen LogP contribution in [0.25, 0.3) is 0 Å². The van der Waals surface area contributed by atoms with Crippen LogP contribution in [0.15, 0.2) is 12.1 Å². The summed E-state index contributed by atoms with van der Waals surface area (Å²) in [5.41, 5.74) is 5.45. The number of nitrogens with one attached hydrogen (secondary N) is 1. The van der Waals surface area contributed by atoms with E-state index in [4.69, 9.17) is 9.47 Å². The monoisotopic (exact) mass is 401 g/mol. The van der Waals surface area contributed by atoms with Crippen LogP contribution in [0.5, 0.6) is 0 Å². The molecule has 0 unspecified atom stereocenters. The molecular weight excluding hydrogens is 366 g/mol. The van der Waals surface area contributed by atoms with E-state index in [0.717, 1.165) is 26.1 Å². The normalized spacial score (nSPS) is 25.7. The fourth-order valence-corrected chi connectivity index (χ4v) is 4.56. The van der Waals surface area contributed by atoms with Gasteiger partial charge in [-0.15, -0.1) is 0 Å². The van der Waals surface area contributed by atoms with E-state index in [1.54, 1.807) is 0 Å². The molecule has 6 heteroatoms. The van der Waals surface area contributed by atoms with Crippen LogP contribution in [0.3, 0.4) is 0 Å². The summed E-state index contributed by atoms with van der Waals surface area (Å²) in [5, 5.41) is 3.62. The van der Waals surface area contributed by atoms with E-state index in [1.807, 2.05) is 9.80 Å². The number of rotatable bonds is 1. The first-order valence-electron chi connectivity index (χ1n) is 10.9. The summed E-state index contributed by atoms with van der Waals surface area (Å²) in [6.07, 6.45) is 0.907. The Bertz CT molecular complexity index is 752. The van der Waals surface area contributed by atoms with Gasteiger partial charge in [-0.3, -0.25) is 0 Å². The molecule has 1 aromatic carbocycles. The lowest BCUT2D eigenvalue weighted by molar-refractivity contribution is 0.00929. The number of amides is 2. The maximum Gasteiger partial charge on any atom is 0.320 e. The van der Waals surface area contributed by atoms with Crippen molar-refractivity contribution in [2.75, 3.05) is 46.1 Å². The minimum atomic E-state index is 0.0927. The Hall–Kier alpha value is -1.63. The molecule has 1 aromatic rings. The van der Waals surface area contributed by atoms with E-state index in [2.05, 4.69) is 45.1 Å². The molecular formula is C23H35N3O3. The van der Waals surface area contributed by atoms with Crippen molar-refractivity contribution in [2.24, 2.45) is 0 Å². The van der Waals surface area contributed by atoms with E-state index in [1.165, 1.54) is 22.3 Å². The van der Waals surface area contributed by atoms with Crippen molar-refractivity contribution < 1.29 is 14.3 Å². The second-order valence-electron chi connectivity index (χ2n) is 9.61.